The second-order valence-electron chi connectivity index (χ2n) is 4.34. The van der Waals surface area contributed by atoms with Gasteiger partial charge >= 0.3 is 0 Å². The van der Waals surface area contributed by atoms with Crippen molar-refractivity contribution in [1.82, 2.24) is 0 Å². The molecule has 0 aliphatic carbocycles. The van der Waals surface area contributed by atoms with Crippen molar-refractivity contribution < 1.29 is 9.18 Å². The van der Waals surface area contributed by atoms with Gasteiger partial charge in [-0.3, -0.25) is 4.79 Å². The van der Waals surface area contributed by atoms with Gasteiger partial charge in [0, 0.05) is 18.2 Å². The highest BCUT2D eigenvalue weighted by molar-refractivity contribution is 5.94. The van der Waals surface area contributed by atoms with Crippen LogP contribution in [0.25, 0.3) is 0 Å². The van der Waals surface area contributed by atoms with Crippen LogP contribution in [0.15, 0.2) is 12.1 Å². The number of amides is 1. The second kappa shape index (κ2) is 4.12. The number of halogens is 1. The smallest absolute Gasteiger partial charge is 0.224 e. The Morgan fingerprint density at radius 2 is 2.12 bits per heavy atom. The molecule has 0 fully saturated rings. The molecule has 1 aliphatic heterocycles. The highest BCUT2D eigenvalue weighted by Crippen LogP contribution is 2.28. The molecule has 0 atom stereocenters. The first kappa shape index (κ1) is 10.9. The van der Waals surface area contributed by atoms with E-state index < -0.39 is 0 Å². The summed E-state index contributed by atoms with van der Waals surface area (Å²) in [6.07, 6.45) is 1.05. The fourth-order valence-corrected chi connectivity index (χ4v) is 1.82. The van der Waals surface area contributed by atoms with Gasteiger partial charge in [-0.2, -0.15) is 0 Å². The normalized spacial score (nSPS) is 14.6. The minimum Gasteiger partial charge on any atom is -0.380 e. The van der Waals surface area contributed by atoms with E-state index in [1.54, 1.807) is 6.07 Å². The summed E-state index contributed by atoms with van der Waals surface area (Å²) < 4.78 is 13.7. The second-order valence-corrected chi connectivity index (χ2v) is 4.34. The molecule has 2 N–H and O–H groups in total. The van der Waals surface area contributed by atoms with Gasteiger partial charge < -0.3 is 10.6 Å². The Morgan fingerprint density at radius 3 is 2.81 bits per heavy atom. The zero-order valence-electron chi connectivity index (χ0n) is 9.43. The van der Waals surface area contributed by atoms with E-state index in [-0.39, 0.29) is 17.8 Å². The molecule has 0 radical (unpaired) electrons. The molecule has 1 aromatic carbocycles. The number of rotatable bonds is 2. The van der Waals surface area contributed by atoms with Gasteiger partial charge in [-0.25, -0.2) is 4.39 Å². The third kappa shape index (κ3) is 2.15. The fraction of sp³-hybridized carbons (Fsp3) is 0.417. The average molecular weight is 222 g/mol. The van der Waals surface area contributed by atoms with Crippen molar-refractivity contribution in [1.29, 1.82) is 0 Å². The Bertz CT molecular complexity index is 429. The van der Waals surface area contributed by atoms with Gasteiger partial charge in [-0.15, -0.1) is 0 Å². The van der Waals surface area contributed by atoms with Crippen LogP contribution in [0.3, 0.4) is 0 Å². The lowest BCUT2D eigenvalue weighted by molar-refractivity contribution is -0.116. The summed E-state index contributed by atoms with van der Waals surface area (Å²) in [5.74, 6) is -0.266. The van der Waals surface area contributed by atoms with Gasteiger partial charge in [0.15, 0.2) is 0 Å². The molecule has 0 saturated heterocycles. The van der Waals surface area contributed by atoms with Crippen LogP contribution >= 0.6 is 0 Å². The van der Waals surface area contributed by atoms with E-state index in [0.29, 0.717) is 18.5 Å². The lowest BCUT2D eigenvalue weighted by atomic mass is 10.0. The van der Waals surface area contributed by atoms with Gasteiger partial charge in [0.25, 0.3) is 0 Å². The Kier molecular flexibility index (Phi) is 2.81. The minimum atomic E-state index is -0.261. The number of benzene rings is 1. The Morgan fingerprint density at radius 1 is 1.38 bits per heavy atom. The van der Waals surface area contributed by atoms with E-state index in [2.05, 4.69) is 10.6 Å². The van der Waals surface area contributed by atoms with Crippen molar-refractivity contribution in [2.75, 3.05) is 10.6 Å². The molecule has 0 aromatic heterocycles. The molecule has 1 aromatic rings. The molecule has 2 rings (SSSR count). The van der Waals surface area contributed by atoms with Crippen LogP contribution in [0.2, 0.25) is 0 Å². The van der Waals surface area contributed by atoms with Crippen LogP contribution in [-0.2, 0) is 11.2 Å². The summed E-state index contributed by atoms with van der Waals surface area (Å²) in [5, 5.41) is 5.77. The van der Waals surface area contributed by atoms with Crippen LogP contribution in [0.1, 0.15) is 25.8 Å². The summed E-state index contributed by atoms with van der Waals surface area (Å²) in [4.78, 5) is 11.2. The topological polar surface area (TPSA) is 41.1 Å². The van der Waals surface area contributed by atoms with Crippen molar-refractivity contribution in [3.63, 3.8) is 0 Å². The van der Waals surface area contributed by atoms with Crippen molar-refractivity contribution in [3.05, 3.63) is 23.5 Å². The predicted molar refractivity (Wildman–Crippen MR) is 62.1 cm³/mol. The number of nitrogens with one attached hydrogen (secondary N) is 2. The van der Waals surface area contributed by atoms with Gasteiger partial charge in [-0.05, 0) is 38.0 Å². The number of fused-ring (bicyclic) bond motifs is 1. The van der Waals surface area contributed by atoms with Crippen LogP contribution in [0.5, 0.6) is 0 Å². The average Bonchev–Trinajstić information content (AvgIpc) is 2.19. The Balaban J connectivity index is 2.35. The summed E-state index contributed by atoms with van der Waals surface area (Å²) in [7, 11) is 0. The van der Waals surface area contributed by atoms with Gasteiger partial charge in [0.1, 0.15) is 5.82 Å². The number of anilines is 2. The summed E-state index contributed by atoms with van der Waals surface area (Å²) in [5.41, 5.74) is 2.03. The molecule has 0 bridgehead atoms. The van der Waals surface area contributed by atoms with Crippen LogP contribution in [0.4, 0.5) is 15.8 Å². The Hall–Kier alpha value is -1.58. The molecular formula is C12H15FN2O. The molecule has 0 unspecified atom stereocenters. The van der Waals surface area contributed by atoms with Crippen molar-refractivity contribution in [2.24, 2.45) is 0 Å². The Labute approximate surface area is 94.0 Å². The van der Waals surface area contributed by atoms with E-state index in [0.717, 1.165) is 11.3 Å². The zero-order valence-corrected chi connectivity index (χ0v) is 9.43. The molecular weight excluding hydrogens is 207 g/mol. The van der Waals surface area contributed by atoms with E-state index in [1.165, 1.54) is 6.07 Å². The van der Waals surface area contributed by atoms with E-state index in [1.807, 2.05) is 13.8 Å². The molecule has 3 nitrogen and oxygen atoms in total. The van der Waals surface area contributed by atoms with E-state index >= 15 is 0 Å². The van der Waals surface area contributed by atoms with E-state index in [9.17, 15) is 9.18 Å². The number of carbonyl (C=O) groups is 1. The molecule has 0 saturated carbocycles. The quantitative estimate of drug-likeness (QED) is 0.807. The largest absolute Gasteiger partial charge is 0.380 e. The van der Waals surface area contributed by atoms with Crippen molar-refractivity contribution in [2.45, 2.75) is 32.7 Å². The van der Waals surface area contributed by atoms with E-state index in [4.69, 9.17) is 0 Å². The fourth-order valence-electron chi connectivity index (χ4n) is 1.82. The lowest BCUT2D eigenvalue weighted by Crippen LogP contribution is -2.20. The molecule has 16 heavy (non-hydrogen) atoms. The van der Waals surface area contributed by atoms with Crippen LogP contribution in [0, 0.1) is 5.82 Å². The number of hydrogen-bond donors (Lipinski definition) is 2. The predicted octanol–water partition coefficient (Wildman–Crippen LogP) is 2.53. The van der Waals surface area contributed by atoms with Crippen molar-refractivity contribution >= 4 is 17.3 Å². The number of aryl methyl sites for hydroxylation is 1. The van der Waals surface area contributed by atoms with Crippen LogP contribution in [-0.4, -0.2) is 11.9 Å². The molecule has 1 aliphatic rings. The third-order valence-corrected chi connectivity index (χ3v) is 2.53. The summed E-state index contributed by atoms with van der Waals surface area (Å²) >= 11 is 0. The molecule has 86 valence electrons. The van der Waals surface area contributed by atoms with Gasteiger partial charge in [0.2, 0.25) is 5.91 Å². The molecule has 1 amide bonds. The van der Waals surface area contributed by atoms with Gasteiger partial charge in [0.05, 0.1) is 5.69 Å². The highest BCUT2D eigenvalue weighted by atomic mass is 19.1. The summed E-state index contributed by atoms with van der Waals surface area (Å²) in [6.45, 7) is 3.88. The molecule has 1 heterocycles. The third-order valence-electron chi connectivity index (χ3n) is 2.53. The lowest BCUT2D eigenvalue weighted by Gasteiger charge is -2.19. The molecule has 4 heteroatoms. The maximum Gasteiger partial charge on any atom is 0.224 e. The maximum absolute atomic E-state index is 13.7. The standard InChI is InChI=1S/C12H15FN2O/c1-7(2)14-11-6-10-8(5-9(11)13)3-4-12(16)15-10/h5-7,14H,3-4H2,1-2H3,(H,15,16). The number of hydrogen-bond acceptors (Lipinski definition) is 2. The maximum atomic E-state index is 13.7. The zero-order chi connectivity index (χ0) is 11.7. The summed E-state index contributed by atoms with van der Waals surface area (Å²) in [6, 6.07) is 3.33. The van der Waals surface area contributed by atoms with Crippen LogP contribution < -0.4 is 10.6 Å². The first-order valence-electron chi connectivity index (χ1n) is 5.45. The van der Waals surface area contributed by atoms with Gasteiger partial charge in [-0.1, -0.05) is 0 Å². The number of carbonyl (C=O) groups excluding carboxylic acids is 1. The SMILES string of the molecule is CC(C)Nc1cc2c(cc1F)CCC(=O)N2. The molecule has 0 spiro atoms. The first-order chi connectivity index (χ1) is 7.56. The first-order valence-corrected chi connectivity index (χ1v) is 5.45. The highest BCUT2D eigenvalue weighted by Gasteiger charge is 2.17. The minimum absolute atomic E-state index is 0.00500. The monoisotopic (exact) mass is 222 g/mol. The van der Waals surface area contributed by atoms with Crippen molar-refractivity contribution in [3.8, 4) is 0 Å².